The minimum Gasteiger partial charge on any atom is -0.464 e. The van der Waals surface area contributed by atoms with Gasteiger partial charge in [0.2, 0.25) is 0 Å². The molecule has 1 aliphatic rings. The van der Waals surface area contributed by atoms with Crippen molar-refractivity contribution in [3.8, 4) is 11.3 Å². The molecule has 1 amide bonds. The molecule has 0 unspecified atom stereocenters. The molecule has 0 atom stereocenters. The van der Waals surface area contributed by atoms with Gasteiger partial charge in [-0.1, -0.05) is 18.2 Å². The minimum atomic E-state index is -0.212. The fraction of sp³-hybridized carbons (Fsp3) is 0.100. The van der Waals surface area contributed by atoms with E-state index in [2.05, 4.69) is 15.6 Å². The lowest BCUT2D eigenvalue weighted by Gasteiger charge is -2.08. The fourth-order valence-corrected chi connectivity index (χ4v) is 2.94. The number of rotatable bonds is 5. The Morgan fingerprint density at radius 3 is 2.92 bits per heavy atom. The molecule has 0 spiro atoms. The van der Waals surface area contributed by atoms with E-state index in [4.69, 9.17) is 4.42 Å². The number of nitrogens with one attached hydrogen (secondary N) is 2. The Kier molecular flexibility index (Phi) is 4.25. The Morgan fingerprint density at radius 1 is 1.23 bits per heavy atom. The Bertz CT molecular complexity index is 978. The van der Waals surface area contributed by atoms with E-state index < -0.39 is 0 Å². The molecule has 0 aliphatic carbocycles. The van der Waals surface area contributed by atoms with Gasteiger partial charge in [0.05, 0.1) is 11.8 Å². The van der Waals surface area contributed by atoms with Gasteiger partial charge in [-0.25, -0.2) is 4.98 Å². The van der Waals surface area contributed by atoms with Crippen molar-refractivity contribution in [3.63, 3.8) is 0 Å². The smallest absolute Gasteiger partial charge is 0.259 e. The third-order valence-corrected chi connectivity index (χ3v) is 4.23. The second-order valence-corrected chi connectivity index (χ2v) is 5.88. The number of anilines is 2. The molecule has 0 bridgehead atoms. The number of fused-ring (bicyclic) bond motifs is 1. The Balaban J connectivity index is 1.67. The molecule has 1 aromatic carbocycles. The van der Waals surface area contributed by atoms with E-state index >= 15 is 0 Å². The number of carbonyl (C=O) groups is 1. The molecule has 0 fully saturated rings. The lowest BCUT2D eigenvalue weighted by molar-refractivity contribution is -0.110. The lowest BCUT2D eigenvalue weighted by Crippen LogP contribution is -2.06. The SMILES string of the molecule is O=C1Nc2ncc(-c3ccco3)cc2/C1=C\Nc1ccccc1CCO. The number of para-hydroxylation sites is 1. The summed E-state index contributed by atoms with van der Waals surface area (Å²) in [5, 5.41) is 15.1. The first-order chi connectivity index (χ1) is 12.8. The molecule has 6 nitrogen and oxygen atoms in total. The number of nitrogens with zero attached hydrogens (tertiary/aromatic N) is 1. The van der Waals surface area contributed by atoms with Crippen LogP contribution in [0.4, 0.5) is 11.5 Å². The van der Waals surface area contributed by atoms with Gasteiger partial charge in [0.15, 0.2) is 0 Å². The summed E-state index contributed by atoms with van der Waals surface area (Å²) in [6.45, 7) is 0.0645. The average Bonchev–Trinajstić information content (AvgIpc) is 3.28. The van der Waals surface area contributed by atoms with E-state index in [0.717, 1.165) is 22.4 Å². The summed E-state index contributed by atoms with van der Waals surface area (Å²) in [4.78, 5) is 16.7. The summed E-state index contributed by atoms with van der Waals surface area (Å²) in [6.07, 6.45) is 5.48. The molecule has 3 heterocycles. The van der Waals surface area contributed by atoms with Gasteiger partial charge in [-0.3, -0.25) is 4.79 Å². The quantitative estimate of drug-likeness (QED) is 0.617. The second-order valence-electron chi connectivity index (χ2n) is 5.88. The standard InChI is InChI=1S/C20H17N3O3/c24-8-7-13-4-1-2-5-17(13)21-12-16-15-10-14(18-6-3-9-26-18)11-22-19(15)23-20(16)25/h1-6,9-12,21,24H,7-8H2,(H,22,23,25)/b16-12+. The van der Waals surface area contributed by atoms with Gasteiger partial charge < -0.3 is 20.2 Å². The molecule has 3 N–H and O–H groups in total. The van der Waals surface area contributed by atoms with Crippen molar-refractivity contribution in [1.29, 1.82) is 0 Å². The van der Waals surface area contributed by atoms with Crippen LogP contribution in [0.15, 0.2) is 65.5 Å². The largest absolute Gasteiger partial charge is 0.464 e. The first kappa shape index (κ1) is 16.1. The van der Waals surface area contributed by atoms with Crippen molar-refractivity contribution in [2.75, 3.05) is 17.2 Å². The number of amides is 1. The van der Waals surface area contributed by atoms with Gasteiger partial charge in [0, 0.05) is 35.8 Å². The van der Waals surface area contributed by atoms with E-state index in [1.54, 1.807) is 18.7 Å². The van der Waals surface area contributed by atoms with Crippen LogP contribution in [-0.4, -0.2) is 22.6 Å². The van der Waals surface area contributed by atoms with E-state index in [0.29, 0.717) is 23.6 Å². The number of aliphatic hydroxyl groups excluding tert-OH is 1. The predicted molar refractivity (Wildman–Crippen MR) is 99.4 cm³/mol. The van der Waals surface area contributed by atoms with E-state index in [9.17, 15) is 9.90 Å². The molecule has 130 valence electrons. The molecule has 1 aliphatic heterocycles. The van der Waals surface area contributed by atoms with Crippen LogP contribution in [0, 0.1) is 0 Å². The van der Waals surface area contributed by atoms with Crippen LogP contribution in [-0.2, 0) is 11.2 Å². The van der Waals surface area contributed by atoms with Crippen molar-refractivity contribution < 1.29 is 14.3 Å². The number of furan rings is 1. The minimum absolute atomic E-state index is 0.0645. The van der Waals surface area contributed by atoms with Crippen LogP contribution in [0.25, 0.3) is 16.9 Å². The van der Waals surface area contributed by atoms with Crippen LogP contribution in [0.5, 0.6) is 0 Å². The van der Waals surface area contributed by atoms with Crippen molar-refractivity contribution in [3.05, 3.63) is 72.3 Å². The number of benzene rings is 1. The molecule has 0 saturated carbocycles. The molecular formula is C20H17N3O3. The van der Waals surface area contributed by atoms with Gasteiger partial charge in [-0.15, -0.1) is 0 Å². The summed E-state index contributed by atoms with van der Waals surface area (Å²) in [5.74, 6) is 1.01. The average molecular weight is 347 g/mol. The summed E-state index contributed by atoms with van der Waals surface area (Å²) < 4.78 is 5.41. The van der Waals surface area contributed by atoms with Crippen LogP contribution < -0.4 is 10.6 Å². The maximum Gasteiger partial charge on any atom is 0.259 e. The summed E-state index contributed by atoms with van der Waals surface area (Å²) >= 11 is 0. The normalized spacial score (nSPS) is 14.3. The third-order valence-electron chi connectivity index (χ3n) is 4.23. The first-order valence-electron chi connectivity index (χ1n) is 8.27. The molecule has 4 rings (SSSR count). The summed E-state index contributed by atoms with van der Waals surface area (Å²) in [7, 11) is 0. The van der Waals surface area contributed by atoms with E-state index in [1.165, 1.54) is 0 Å². The van der Waals surface area contributed by atoms with Crippen molar-refractivity contribution in [2.45, 2.75) is 6.42 Å². The lowest BCUT2D eigenvalue weighted by atomic mass is 10.1. The Morgan fingerprint density at radius 2 is 2.12 bits per heavy atom. The number of pyridine rings is 1. The molecular weight excluding hydrogens is 330 g/mol. The maximum absolute atomic E-state index is 12.3. The number of carbonyl (C=O) groups excluding carboxylic acids is 1. The molecule has 0 radical (unpaired) electrons. The highest BCUT2D eigenvalue weighted by Crippen LogP contribution is 2.33. The van der Waals surface area contributed by atoms with E-state index in [-0.39, 0.29) is 12.5 Å². The highest BCUT2D eigenvalue weighted by Gasteiger charge is 2.26. The van der Waals surface area contributed by atoms with Gasteiger partial charge in [0.25, 0.3) is 5.91 Å². The molecule has 6 heteroatoms. The zero-order valence-corrected chi connectivity index (χ0v) is 13.9. The van der Waals surface area contributed by atoms with Crippen LogP contribution >= 0.6 is 0 Å². The summed E-state index contributed by atoms with van der Waals surface area (Å²) in [5.41, 5.74) is 3.85. The molecule has 26 heavy (non-hydrogen) atoms. The Hall–Kier alpha value is -3.38. The monoisotopic (exact) mass is 347 g/mol. The van der Waals surface area contributed by atoms with Crippen molar-refractivity contribution in [1.82, 2.24) is 4.98 Å². The fourth-order valence-electron chi connectivity index (χ4n) is 2.94. The van der Waals surface area contributed by atoms with Crippen LogP contribution in [0.1, 0.15) is 11.1 Å². The van der Waals surface area contributed by atoms with Crippen LogP contribution in [0.3, 0.4) is 0 Å². The Labute approximate surface area is 150 Å². The highest BCUT2D eigenvalue weighted by molar-refractivity contribution is 6.31. The van der Waals surface area contributed by atoms with Crippen LogP contribution in [0.2, 0.25) is 0 Å². The van der Waals surface area contributed by atoms with E-state index in [1.807, 2.05) is 42.5 Å². The number of aromatic nitrogens is 1. The van der Waals surface area contributed by atoms with Crippen molar-refractivity contribution in [2.24, 2.45) is 0 Å². The topological polar surface area (TPSA) is 87.4 Å². The van der Waals surface area contributed by atoms with Gasteiger partial charge >= 0.3 is 0 Å². The van der Waals surface area contributed by atoms with Gasteiger partial charge in [0.1, 0.15) is 11.6 Å². The zero-order chi connectivity index (χ0) is 17.9. The summed E-state index contributed by atoms with van der Waals surface area (Å²) in [6, 6.07) is 13.2. The number of hydrogen-bond donors (Lipinski definition) is 3. The first-order valence-corrected chi connectivity index (χ1v) is 8.27. The third kappa shape index (κ3) is 2.98. The van der Waals surface area contributed by atoms with Gasteiger partial charge in [-0.05, 0) is 36.2 Å². The highest BCUT2D eigenvalue weighted by atomic mass is 16.3. The number of hydrogen-bond acceptors (Lipinski definition) is 5. The number of aliphatic hydroxyl groups is 1. The second kappa shape index (κ2) is 6.85. The maximum atomic E-state index is 12.3. The van der Waals surface area contributed by atoms with Gasteiger partial charge in [-0.2, -0.15) is 0 Å². The zero-order valence-electron chi connectivity index (χ0n) is 13.9. The molecule has 2 aromatic heterocycles. The molecule has 0 saturated heterocycles. The molecule has 3 aromatic rings. The predicted octanol–water partition coefficient (Wildman–Crippen LogP) is 3.28. The van der Waals surface area contributed by atoms with Crippen molar-refractivity contribution >= 4 is 23.0 Å².